The van der Waals surface area contributed by atoms with Gasteiger partial charge in [-0.2, -0.15) is 5.26 Å². The molecule has 0 amide bonds. The Labute approximate surface area is 162 Å². The average Bonchev–Trinajstić information content (AvgIpc) is 3.10. The van der Waals surface area contributed by atoms with Crippen LogP contribution in [0.1, 0.15) is 23.1 Å². The van der Waals surface area contributed by atoms with Gasteiger partial charge < -0.3 is 4.74 Å². The van der Waals surface area contributed by atoms with Crippen molar-refractivity contribution in [3.8, 4) is 11.8 Å². The second-order valence-corrected chi connectivity index (χ2v) is 7.73. The molecule has 1 saturated heterocycles. The van der Waals surface area contributed by atoms with Crippen LogP contribution in [0.25, 0.3) is 0 Å². The number of hydrogen-bond acceptors (Lipinski definition) is 3. The minimum absolute atomic E-state index is 0.147. The van der Waals surface area contributed by atoms with Gasteiger partial charge in [0.2, 0.25) is 0 Å². The normalized spacial score (nSPS) is 23.9. The van der Waals surface area contributed by atoms with E-state index < -0.39 is 6.36 Å². The highest BCUT2D eigenvalue weighted by atomic mass is 19.4. The molecule has 2 unspecified atom stereocenters. The van der Waals surface area contributed by atoms with E-state index in [0.29, 0.717) is 23.3 Å². The van der Waals surface area contributed by atoms with Gasteiger partial charge in [0.1, 0.15) is 5.75 Å². The Kier molecular flexibility index (Phi) is 5.03. The largest absolute Gasteiger partial charge is 0.573 e. The number of piperidine rings is 1. The maximum Gasteiger partial charge on any atom is 0.573 e. The van der Waals surface area contributed by atoms with Gasteiger partial charge in [0.25, 0.3) is 0 Å². The van der Waals surface area contributed by atoms with Crippen LogP contribution in [0.3, 0.4) is 0 Å². The molecule has 1 aliphatic heterocycles. The lowest BCUT2D eigenvalue weighted by molar-refractivity contribution is -0.274. The van der Waals surface area contributed by atoms with Gasteiger partial charge >= 0.3 is 6.36 Å². The topological polar surface area (TPSA) is 36.3 Å². The molecular formula is C22H21F3N2O. The molecule has 0 bridgehead atoms. The Morgan fingerprint density at radius 2 is 1.75 bits per heavy atom. The van der Waals surface area contributed by atoms with Crippen LogP contribution >= 0.6 is 0 Å². The monoisotopic (exact) mass is 386 g/mol. The van der Waals surface area contributed by atoms with Gasteiger partial charge in [0.15, 0.2) is 0 Å². The van der Waals surface area contributed by atoms with Gasteiger partial charge in [-0.1, -0.05) is 24.3 Å². The van der Waals surface area contributed by atoms with Crippen molar-refractivity contribution in [2.45, 2.75) is 25.7 Å². The molecule has 6 heteroatoms. The van der Waals surface area contributed by atoms with E-state index in [9.17, 15) is 13.2 Å². The second kappa shape index (κ2) is 7.48. The summed E-state index contributed by atoms with van der Waals surface area (Å²) < 4.78 is 41.0. The van der Waals surface area contributed by atoms with Gasteiger partial charge in [-0.25, -0.2) is 0 Å². The van der Waals surface area contributed by atoms with E-state index >= 15 is 0 Å². The minimum atomic E-state index is -4.65. The van der Waals surface area contributed by atoms with E-state index in [2.05, 4.69) is 21.8 Å². The predicted octanol–water partition coefficient (Wildman–Crippen LogP) is 4.77. The first-order chi connectivity index (χ1) is 13.4. The van der Waals surface area contributed by atoms with E-state index in [1.807, 2.05) is 24.3 Å². The van der Waals surface area contributed by atoms with Crippen LogP contribution in [0.15, 0.2) is 48.5 Å². The summed E-state index contributed by atoms with van der Waals surface area (Å²) in [5.41, 5.74) is 2.74. The summed E-state index contributed by atoms with van der Waals surface area (Å²) in [7, 11) is 0. The fourth-order valence-electron chi connectivity index (χ4n) is 4.52. The summed E-state index contributed by atoms with van der Waals surface area (Å²) >= 11 is 0. The number of ether oxygens (including phenoxy) is 1. The standard InChI is InChI=1S/C22H21F3N2O/c23-22(24,25)28-18-6-2-3-15(10-18)7-8-19-20-13-27(14-21(19)20)12-17-5-1-4-16(9-17)11-26/h1-6,9-10,19-21H,7-8,12-14H2. The summed E-state index contributed by atoms with van der Waals surface area (Å²) in [6, 6.07) is 16.2. The molecule has 1 heterocycles. The Balaban J connectivity index is 1.25. The molecule has 2 atom stereocenters. The first-order valence-corrected chi connectivity index (χ1v) is 9.47. The third kappa shape index (κ3) is 4.48. The summed E-state index contributed by atoms with van der Waals surface area (Å²) in [4.78, 5) is 2.43. The van der Waals surface area contributed by atoms with Crippen molar-refractivity contribution >= 4 is 0 Å². The summed E-state index contributed by atoms with van der Waals surface area (Å²) in [6.45, 7) is 2.98. The van der Waals surface area contributed by atoms with Gasteiger partial charge in [0, 0.05) is 19.6 Å². The Hall–Kier alpha value is -2.52. The number of aryl methyl sites for hydroxylation is 1. The van der Waals surface area contributed by atoms with Crippen molar-refractivity contribution in [3.63, 3.8) is 0 Å². The van der Waals surface area contributed by atoms with E-state index in [4.69, 9.17) is 5.26 Å². The van der Waals surface area contributed by atoms with Crippen molar-refractivity contribution in [3.05, 3.63) is 65.2 Å². The number of nitriles is 1. The Bertz CT molecular complexity index is 878. The van der Waals surface area contributed by atoms with Crippen molar-refractivity contribution in [1.29, 1.82) is 5.26 Å². The van der Waals surface area contributed by atoms with Crippen LogP contribution in [-0.4, -0.2) is 24.4 Å². The van der Waals surface area contributed by atoms with E-state index in [1.54, 1.807) is 6.07 Å². The van der Waals surface area contributed by atoms with E-state index in [0.717, 1.165) is 38.0 Å². The SMILES string of the molecule is N#Cc1cccc(CN2CC3C(CCc4cccc(OC(F)(F)F)c4)C3C2)c1. The number of nitrogens with zero attached hydrogens (tertiary/aromatic N) is 2. The summed E-state index contributed by atoms with van der Waals surface area (Å²) in [5, 5.41) is 9.01. The second-order valence-electron chi connectivity index (χ2n) is 7.73. The third-order valence-electron chi connectivity index (χ3n) is 5.81. The third-order valence-corrected chi connectivity index (χ3v) is 5.81. The molecule has 0 N–H and O–H groups in total. The molecule has 2 aromatic carbocycles. The van der Waals surface area contributed by atoms with Gasteiger partial charge in [0.05, 0.1) is 11.6 Å². The molecular weight excluding hydrogens is 365 g/mol. The molecule has 1 aliphatic carbocycles. The average molecular weight is 386 g/mol. The first-order valence-electron chi connectivity index (χ1n) is 9.47. The highest BCUT2D eigenvalue weighted by molar-refractivity contribution is 5.33. The van der Waals surface area contributed by atoms with Crippen molar-refractivity contribution < 1.29 is 17.9 Å². The van der Waals surface area contributed by atoms with Gasteiger partial charge in [-0.3, -0.25) is 4.90 Å². The number of fused-ring (bicyclic) bond motifs is 1. The maximum atomic E-state index is 12.3. The maximum absolute atomic E-state index is 12.3. The van der Waals surface area contributed by atoms with Gasteiger partial charge in [-0.15, -0.1) is 13.2 Å². The molecule has 28 heavy (non-hydrogen) atoms. The molecule has 1 saturated carbocycles. The predicted molar refractivity (Wildman–Crippen MR) is 98.4 cm³/mol. The number of rotatable bonds is 6. The van der Waals surface area contributed by atoms with Crippen molar-refractivity contribution in [2.75, 3.05) is 13.1 Å². The molecule has 2 aromatic rings. The lowest BCUT2D eigenvalue weighted by atomic mass is 10.0. The fraction of sp³-hybridized carbons (Fsp3) is 0.409. The number of halogens is 3. The smallest absolute Gasteiger partial charge is 0.406 e. The van der Waals surface area contributed by atoms with Crippen LogP contribution in [0.5, 0.6) is 5.75 Å². The zero-order chi connectivity index (χ0) is 19.7. The number of benzene rings is 2. The Morgan fingerprint density at radius 1 is 1.04 bits per heavy atom. The van der Waals surface area contributed by atoms with Gasteiger partial charge in [-0.05, 0) is 66.0 Å². The lowest BCUT2D eigenvalue weighted by Crippen LogP contribution is -2.24. The Morgan fingerprint density at radius 3 is 2.46 bits per heavy atom. The molecule has 0 aromatic heterocycles. The molecule has 146 valence electrons. The molecule has 4 rings (SSSR count). The molecule has 2 fully saturated rings. The summed E-state index contributed by atoms with van der Waals surface area (Å²) in [5.74, 6) is 1.89. The zero-order valence-electron chi connectivity index (χ0n) is 15.3. The highest BCUT2D eigenvalue weighted by Crippen LogP contribution is 2.54. The highest BCUT2D eigenvalue weighted by Gasteiger charge is 2.54. The number of hydrogen-bond donors (Lipinski definition) is 0. The lowest BCUT2D eigenvalue weighted by Gasteiger charge is -2.19. The van der Waals surface area contributed by atoms with Crippen LogP contribution in [0, 0.1) is 29.1 Å². The molecule has 0 radical (unpaired) electrons. The minimum Gasteiger partial charge on any atom is -0.406 e. The van der Waals surface area contributed by atoms with Crippen LogP contribution in [0.4, 0.5) is 13.2 Å². The zero-order valence-corrected chi connectivity index (χ0v) is 15.3. The van der Waals surface area contributed by atoms with E-state index in [1.165, 1.54) is 17.7 Å². The van der Waals surface area contributed by atoms with Crippen molar-refractivity contribution in [2.24, 2.45) is 17.8 Å². The fourth-order valence-corrected chi connectivity index (χ4v) is 4.52. The molecule has 3 nitrogen and oxygen atoms in total. The van der Waals surface area contributed by atoms with Crippen molar-refractivity contribution in [1.82, 2.24) is 4.90 Å². The van der Waals surface area contributed by atoms with Crippen LogP contribution < -0.4 is 4.74 Å². The first kappa shape index (κ1) is 18.8. The number of likely N-dealkylation sites (tertiary alicyclic amines) is 1. The quantitative estimate of drug-likeness (QED) is 0.718. The number of alkyl halides is 3. The molecule has 2 aliphatic rings. The van der Waals surface area contributed by atoms with E-state index in [-0.39, 0.29) is 5.75 Å². The summed E-state index contributed by atoms with van der Waals surface area (Å²) in [6.07, 6.45) is -2.87. The molecule has 0 spiro atoms. The van der Waals surface area contributed by atoms with Crippen LogP contribution in [0.2, 0.25) is 0 Å². The van der Waals surface area contributed by atoms with Crippen LogP contribution in [-0.2, 0) is 13.0 Å².